The molecule has 1 heterocycles. The van der Waals surface area contributed by atoms with Crippen molar-refractivity contribution in [2.45, 2.75) is 40.2 Å². The van der Waals surface area contributed by atoms with E-state index in [9.17, 15) is 4.79 Å². The van der Waals surface area contributed by atoms with Crippen molar-refractivity contribution < 1.29 is 4.79 Å². The van der Waals surface area contributed by atoms with Crippen LogP contribution in [0, 0.1) is 12.8 Å². The van der Waals surface area contributed by atoms with Crippen LogP contribution in [0.3, 0.4) is 0 Å². The van der Waals surface area contributed by atoms with Crippen molar-refractivity contribution >= 4 is 5.91 Å². The standard InChI is InChI=1S/C13H21N3O/c1-9(2)8-10(3)16(5)13(17)12-6-7-14-11(4)15-12/h6-7,9-10H,8H2,1-5H3. The van der Waals surface area contributed by atoms with Crippen LogP contribution in [0.5, 0.6) is 0 Å². The lowest BCUT2D eigenvalue weighted by molar-refractivity contribution is 0.0722. The van der Waals surface area contributed by atoms with Crippen LogP contribution >= 0.6 is 0 Å². The Labute approximate surface area is 103 Å². The summed E-state index contributed by atoms with van der Waals surface area (Å²) in [6.07, 6.45) is 2.61. The molecule has 0 bridgehead atoms. The molecule has 0 fully saturated rings. The number of aryl methyl sites for hydroxylation is 1. The van der Waals surface area contributed by atoms with Gasteiger partial charge < -0.3 is 4.90 Å². The molecule has 0 saturated carbocycles. The third kappa shape index (κ3) is 3.80. The lowest BCUT2D eigenvalue weighted by Gasteiger charge is -2.26. The first-order valence-corrected chi connectivity index (χ1v) is 5.98. The predicted molar refractivity (Wildman–Crippen MR) is 67.8 cm³/mol. The zero-order valence-electron chi connectivity index (χ0n) is 11.3. The van der Waals surface area contributed by atoms with Gasteiger partial charge in [0.25, 0.3) is 5.91 Å². The molecule has 4 heteroatoms. The molecule has 17 heavy (non-hydrogen) atoms. The van der Waals surface area contributed by atoms with E-state index in [1.54, 1.807) is 24.1 Å². The maximum Gasteiger partial charge on any atom is 0.272 e. The van der Waals surface area contributed by atoms with Crippen LogP contribution in [0.15, 0.2) is 12.3 Å². The monoisotopic (exact) mass is 235 g/mol. The lowest BCUT2D eigenvalue weighted by atomic mass is 10.0. The first kappa shape index (κ1) is 13.6. The molecule has 1 unspecified atom stereocenters. The molecule has 0 aliphatic carbocycles. The molecule has 1 aromatic heterocycles. The third-order valence-corrected chi connectivity index (χ3v) is 2.79. The summed E-state index contributed by atoms with van der Waals surface area (Å²) in [5.41, 5.74) is 0.468. The maximum atomic E-state index is 12.2. The van der Waals surface area contributed by atoms with Gasteiger partial charge in [-0.15, -0.1) is 0 Å². The fourth-order valence-corrected chi connectivity index (χ4v) is 1.80. The van der Waals surface area contributed by atoms with E-state index in [2.05, 4.69) is 30.7 Å². The van der Waals surface area contributed by atoms with Crippen molar-refractivity contribution in [2.24, 2.45) is 5.92 Å². The van der Waals surface area contributed by atoms with Crippen LogP contribution in [0.2, 0.25) is 0 Å². The van der Waals surface area contributed by atoms with Gasteiger partial charge in [0.05, 0.1) is 0 Å². The Morgan fingerprint density at radius 2 is 2.06 bits per heavy atom. The van der Waals surface area contributed by atoms with Gasteiger partial charge in [-0.1, -0.05) is 13.8 Å². The molecule has 0 aliphatic rings. The molecular weight excluding hydrogens is 214 g/mol. The highest BCUT2D eigenvalue weighted by atomic mass is 16.2. The predicted octanol–water partition coefficient (Wildman–Crippen LogP) is 2.29. The van der Waals surface area contributed by atoms with Crippen LogP contribution < -0.4 is 0 Å². The molecule has 1 amide bonds. The Balaban J connectivity index is 2.76. The van der Waals surface area contributed by atoms with E-state index < -0.39 is 0 Å². The number of nitrogens with zero attached hydrogens (tertiary/aromatic N) is 3. The van der Waals surface area contributed by atoms with Crippen molar-refractivity contribution in [3.8, 4) is 0 Å². The molecular formula is C13H21N3O. The van der Waals surface area contributed by atoms with E-state index in [0.29, 0.717) is 17.4 Å². The van der Waals surface area contributed by atoms with Crippen molar-refractivity contribution in [3.05, 3.63) is 23.8 Å². The van der Waals surface area contributed by atoms with E-state index in [0.717, 1.165) is 6.42 Å². The van der Waals surface area contributed by atoms with Gasteiger partial charge in [0.15, 0.2) is 0 Å². The largest absolute Gasteiger partial charge is 0.338 e. The number of hydrogen-bond donors (Lipinski definition) is 0. The normalized spacial score (nSPS) is 12.6. The van der Waals surface area contributed by atoms with Gasteiger partial charge in [0, 0.05) is 19.3 Å². The molecule has 0 saturated heterocycles. The van der Waals surface area contributed by atoms with E-state index in [1.807, 2.05) is 7.05 Å². The van der Waals surface area contributed by atoms with Crippen LogP contribution in [0.1, 0.15) is 43.5 Å². The fourth-order valence-electron chi connectivity index (χ4n) is 1.80. The van der Waals surface area contributed by atoms with Crippen molar-refractivity contribution in [2.75, 3.05) is 7.05 Å². The van der Waals surface area contributed by atoms with Crippen LogP contribution in [-0.2, 0) is 0 Å². The highest BCUT2D eigenvalue weighted by Gasteiger charge is 2.19. The summed E-state index contributed by atoms with van der Waals surface area (Å²) in [4.78, 5) is 22.1. The first-order chi connectivity index (χ1) is 7.91. The molecule has 0 aliphatic heterocycles. The molecule has 0 radical (unpaired) electrons. The molecule has 94 valence electrons. The molecule has 0 N–H and O–H groups in total. The van der Waals surface area contributed by atoms with E-state index in [1.165, 1.54) is 0 Å². The first-order valence-electron chi connectivity index (χ1n) is 5.98. The Bertz CT molecular complexity index is 390. The maximum absolute atomic E-state index is 12.2. The van der Waals surface area contributed by atoms with E-state index >= 15 is 0 Å². The minimum absolute atomic E-state index is 0.0383. The van der Waals surface area contributed by atoms with Gasteiger partial charge in [-0.2, -0.15) is 0 Å². The van der Waals surface area contributed by atoms with Gasteiger partial charge in [-0.05, 0) is 32.3 Å². The average Bonchev–Trinajstić information content (AvgIpc) is 2.26. The highest BCUT2D eigenvalue weighted by molar-refractivity contribution is 5.92. The minimum atomic E-state index is -0.0383. The van der Waals surface area contributed by atoms with Crippen LogP contribution in [-0.4, -0.2) is 33.9 Å². The van der Waals surface area contributed by atoms with Crippen molar-refractivity contribution in [1.29, 1.82) is 0 Å². The van der Waals surface area contributed by atoms with E-state index in [-0.39, 0.29) is 11.9 Å². The second-order valence-corrected chi connectivity index (χ2v) is 4.88. The molecule has 1 atom stereocenters. The van der Waals surface area contributed by atoms with Crippen molar-refractivity contribution in [3.63, 3.8) is 0 Å². The number of carbonyl (C=O) groups is 1. The van der Waals surface area contributed by atoms with Gasteiger partial charge in [-0.25, -0.2) is 9.97 Å². The summed E-state index contributed by atoms with van der Waals surface area (Å²) >= 11 is 0. The minimum Gasteiger partial charge on any atom is -0.338 e. The number of carbonyl (C=O) groups excluding carboxylic acids is 1. The summed E-state index contributed by atoms with van der Waals surface area (Å²) in [7, 11) is 1.83. The summed E-state index contributed by atoms with van der Waals surface area (Å²) in [5.74, 6) is 1.16. The molecule has 4 nitrogen and oxygen atoms in total. The SMILES string of the molecule is Cc1nccc(C(=O)N(C)C(C)CC(C)C)n1. The topological polar surface area (TPSA) is 46.1 Å². The Hall–Kier alpha value is -1.45. The number of aromatic nitrogens is 2. The average molecular weight is 235 g/mol. The third-order valence-electron chi connectivity index (χ3n) is 2.79. The summed E-state index contributed by atoms with van der Waals surface area (Å²) < 4.78 is 0. The van der Waals surface area contributed by atoms with Crippen LogP contribution in [0.25, 0.3) is 0 Å². The smallest absolute Gasteiger partial charge is 0.272 e. The van der Waals surface area contributed by atoms with Crippen molar-refractivity contribution in [1.82, 2.24) is 14.9 Å². The summed E-state index contributed by atoms with van der Waals surface area (Å²) in [5, 5.41) is 0. The Morgan fingerprint density at radius 3 is 2.59 bits per heavy atom. The van der Waals surface area contributed by atoms with Crippen LogP contribution in [0.4, 0.5) is 0 Å². The molecule has 1 rings (SSSR count). The Morgan fingerprint density at radius 1 is 1.41 bits per heavy atom. The number of hydrogen-bond acceptors (Lipinski definition) is 3. The van der Waals surface area contributed by atoms with E-state index in [4.69, 9.17) is 0 Å². The Kier molecular flexibility index (Phi) is 4.61. The van der Waals surface area contributed by atoms with Gasteiger partial charge >= 0.3 is 0 Å². The van der Waals surface area contributed by atoms with Gasteiger partial charge in [-0.3, -0.25) is 4.79 Å². The fraction of sp³-hybridized carbons (Fsp3) is 0.615. The summed E-state index contributed by atoms with van der Waals surface area (Å²) in [6.45, 7) is 8.16. The summed E-state index contributed by atoms with van der Waals surface area (Å²) in [6, 6.07) is 1.88. The number of rotatable bonds is 4. The van der Waals surface area contributed by atoms with Gasteiger partial charge in [0.1, 0.15) is 11.5 Å². The second kappa shape index (κ2) is 5.75. The molecule has 0 spiro atoms. The second-order valence-electron chi connectivity index (χ2n) is 4.88. The molecule has 0 aromatic carbocycles. The van der Waals surface area contributed by atoms with Gasteiger partial charge in [0.2, 0.25) is 0 Å². The number of amides is 1. The zero-order valence-corrected chi connectivity index (χ0v) is 11.3. The lowest BCUT2D eigenvalue weighted by Crippen LogP contribution is -2.36. The molecule has 1 aromatic rings. The quantitative estimate of drug-likeness (QED) is 0.804. The zero-order chi connectivity index (χ0) is 13.0. The highest BCUT2D eigenvalue weighted by Crippen LogP contribution is 2.12.